The number of benzene rings is 1. The Morgan fingerprint density at radius 2 is 2.16 bits per heavy atom. The highest BCUT2D eigenvalue weighted by atomic mass is 16.5. The number of hydrogen-bond donors (Lipinski definition) is 1. The van der Waals surface area contributed by atoms with Gasteiger partial charge < -0.3 is 15.4 Å². The van der Waals surface area contributed by atoms with E-state index in [1.54, 1.807) is 0 Å². The fourth-order valence-corrected chi connectivity index (χ4v) is 2.25. The molecule has 0 saturated heterocycles. The van der Waals surface area contributed by atoms with E-state index >= 15 is 0 Å². The van der Waals surface area contributed by atoms with Crippen molar-refractivity contribution in [3.63, 3.8) is 0 Å². The van der Waals surface area contributed by atoms with E-state index in [-0.39, 0.29) is 0 Å². The number of anilines is 1. The zero-order valence-electron chi connectivity index (χ0n) is 12.1. The first-order valence-corrected chi connectivity index (χ1v) is 7.37. The summed E-state index contributed by atoms with van der Waals surface area (Å²) in [6, 6.07) is 8.28. The summed E-state index contributed by atoms with van der Waals surface area (Å²) in [7, 11) is 0. The van der Waals surface area contributed by atoms with Gasteiger partial charge in [0.05, 0.1) is 6.61 Å². The van der Waals surface area contributed by atoms with Gasteiger partial charge in [-0.15, -0.1) is 0 Å². The molecule has 0 aromatic heterocycles. The van der Waals surface area contributed by atoms with Crippen LogP contribution in [0.25, 0.3) is 0 Å². The molecule has 1 aliphatic rings. The molecule has 0 radical (unpaired) electrons. The lowest BCUT2D eigenvalue weighted by Crippen LogP contribution is -2.34. The van der Waals surface area contributed by atoms with E-state index < -0.39 is 0 Å². The van der Waals surface area contributed by atoms with Crippen molar-refractivity contribution in [1.29, 1.82) is 0 Å². The first-order chi connectivity index (χ1) is 9.15. The quantitative estimate of drug-likeness (QED) is 0.578. The van der Waals surface area contributed by atoms with Crippen LogP contribution in [0.1, 0.15) is 33.1 Å². The van der Waals surface area contributed by atoms with E-state index in [0.717, 1.165) is 36.9 Å². The summed E-state index contributed by atoms with van der Waals surface area (Å²) in [4.78, 5) is 2.57. The van der Waals surface area contributed by atoms with Crippen LogP contribution < -0.4 is 10.5 Å². The standard InChI is InChI=1S/C16H26N2O/c1-13(2)18(12-14-7-8-14)9-4-10-19-16-6-3-5-15(17)11-16/h3,5-6,11,13-14H,4,7-10,12,17H2,1-2H3. The molecule has 3 heteroatoms. The van der Waals surface area contributed by atoms with Crippen LogP contribution in [0.15, 0.2) is 24.3 Å². The van der Waals surface area contributed by atoms with Crippen molar-refractivity contribution in [3.8, 4) is 5.75 Å². The number of hydrogen-bond acceptors (Lipinski definition) is 3. The highest BCUT2D eigenvalue weighted by Crippen LogP contribution is 2.30. The molecule has 0 atom stereocenters. The van der Waals surface area contributed by atoms with Gasteiger partial charge >= 0.3 is 0 Å². The molecule has 1 aliphatic carbocycles. The summed E-state index contributed by atoms with van der Waals surface area (Å²) < 4.78 is 5.73. The summed E-state index contributed by atoms with van der Waals surface area (Å²) >= 11 is 0. The van der Waals surface area contributed by atoms with Crippen molar-refractivity contribution in [2.24, 2.45) is 5.92 Å². The molecular formula is C16H26N2O. The second-order valence-electron chi connectivity index (χ2n) is 5.81. The smallest absolute Gasteiger partial charge is 0.121 e. The largest absolute Gasteiger partial charge is 0.493 e. The summed E-state index contributed by atoms with van der Waals surface area (Å²) in [5.41, 5.74) is 6.48. The van der Waals surface area contributed by atoms with Crippen LogP contribution in [0.5, 0.6) is 5.75 Å². The molecule has 2 N–H and O–H groups in total. The monoisotopic (exact) mass is 262 g/mol. The van der Waals surface area contributed by atoms with E-state index in [4.69, 9.17) is 10.5 Å². The van der Waals surface area contributed by atoms with Gasteiger partial charge in [0.25, 0.3) is 0 Å². The molecule has 0 unspecified atom stereocenters. The molecular weight excluding hydrogens is 236 g/mol. The SMILES string of the molecule is CC(C)N(CCCOc1cccc(N)c1)CC1CC1. The summed E-state index contributed by atoms with van der Waals surface area (Å²) in [5, 5.41) is 0. The van der Waals surface area contributed by atoms with Crippen LogP contribution in [0.3, 0.4) is 0 Å². The summed E-state index contributed by atoms with van der Waals surface area (Å²) in [5.74, 6) is 1.83. The summed E-state index contributed by atoms with van der Waals surface area (Å²) in [6.45, 7) is 7.70. The Bertz CT molecular complexity index is 388. The van der Waals surface area contributed by atoms with Gasteiger partial charge in [-0.2, -0.15) is 0 Å². The maximum Gasteiger partial charge on any atom is 0.121 e. The molecule has 1 aromatic carbocycles. The van der Waals surface area contributed by atoms with Gasteiger partial charge in [-0.1, -0.05) is 6.07 Å². The highest BCUT2D eigenvalue weighted by molar-refractivity contribution is 5.43. The topological polar surface area (TPSA) is 38.5 Å². The molecule has 1 saturated carbocycles. The van der Waals surface area contributed by atoms with Crippen molar-refractivity contribution in [3.05, 3.63) is 24.3 Å². The lowest BCUT2D eigenvalue weighted by Gasteiger charge is -2.26. The minimum absolute atomic E-state index is 0.632. The highest BCUT2D eigenvalue weighted by Gasteiger charge is 2.25. The van der Waals surface area contributed by atoms with Crippen LogP contribution in [-0.4, -0.2) is 30.6 Å². The lowest BCUT2D eigenvalue weighted by molar-refractivity contribution is 0.191. The van der Waals surface area contributed by atoms with E-state index in [1.165, 1.54) is 19.4 Å². The average Bonchev–Trinajstić information content (AvgIpc) is 3.17. The van der Waals surface area contributed by atoms with Crippen molar-refractivity contribution in [1.82, 2.24) is 4.90 Å². The number of ether oxygens (including phenoxy) is 1. The van der Waals surface area contributed by atoms with Crippen molar-refractivity contribution >= 4 is 5.69 Å². The molecule has 2 rings (SSSR count). The number of nitrogen functional groups attached to an aromatic ring is 1. The second-order valence-corrected chi connectivity index (χ2v) is 5.81. The number of nitrogens with two attached hydrogens (primary N) is 1. The zero-order chi connectivity index (χ0) is 13.7. The molecule has 1 fully saturated rings. The van der Waals surface area contributed by atoms with Crippen LogP contribution in [-0.2, 0) is 0 Å². The predicted molar refractivity (Wildman–Crippen MR) is 80.4 cm³/mol. The van der Waals surface area contributed by atoms with E-state index in [0.29, 0.717) is 6.04 Å². The van der Waals surface area contributed by atoms with Gasteiger partial charge in [0, 0.05) is 30.9 Å². The Hall–Kier alpha value is -1.22. The third-order valence-corrected chi connectivity index (χ3v) is 3.64. The number of rotatable bonds is 8. The van der Waals surface area contributed by atoms with Gasteiger partial charge in [0.2, 0.25) is 0 Å². The first kappa shape index (κ1) is 14.2. The predicted octanol–water partition coefficient (Wildman–Crippen LogP) is 3.16. The molecule has 0 bridgehead atoms. The van der Waals surface area contributed by atoms with Crippen molar-refractivity contribution in [2.75, 3.05) is 25.4 Å². The Balaban J connectivity index is 1.67. The zero-order valence-corrected chi connectivity index (χ0v) is 12.1. The van der Waals surface area contributed by atoms with Crippen LogP contribution in [0.2, 0.25) is 0 Å². The molecule has 0 heterocycles. The van der Waals surface area contributed by atoms with Crippen LogP contribution >= 0.6 is 0 Å². The molecule has 3 nitrogen and oxygen atoms in total. The molecule has 0 amide bonds. The maximum absolute atomic E-state index is 5.73. The van der Waals surface area contributed by atoms with Crippen molar-refractivity contribution < 1.29 is 4.74 Å². The number of nitrogens with zero attached hydrogens (tertiary/aromatic N) is 1. The van der Waals surface area contributed by atoms with E-state index in [1.807, 2.05) is 24.3 Å². The van der Waals surface area contributed by atoms with Crippen LogP contribution in [0, 0.1) is 5.92 Å². The minimum Gasteiger partial charge on any atom is -0.493 e. The maximum atomic E-state index is 5.73. The Morgan fingerprint density at radius 3 is 2.79 bits per heavy atom. The molecule has 0 spiro atoms. The molecule has 106 valence electrons. The van der Waals surface area contributed by atoms with Crippen LogP contribution in [0.4, 0.5) is 5.69 Å². The van der Waals surface area contributed by atoms with Gasteiger partial charge in [-0.3, -0.25) is 0 Å². The minimum atomic E-state index is 0.632. The first-order valence-electron chi connectivity index (χ1n) is 7.37. The van der Waals surface area contributed by atoms with Gasteiger partial charge in [-0.25, -0.2) is 0 Å². The Labute approximate surface area is 116 Å². The van der Waals surface area contributed by atoms with Gasteiger partial charge in [0.15, 0.2) is 0 Å². The summed E-state index contributed by atoms with van der Waals surface area (Å²) in [6.07, 6.45) is 3.91. The fourth-order valence-electron chi connectivity index (χ4n) is 2.25. The van der Waals surface area contributed by atoms with Gasteiger partial charge in [-0.05, 0) is 51.2 Å². The van der Waals surface area contributed by atoms with E-state index in [9.17, 15) is 0 Å². The van der Waals surface area contributed by atoms with Crippen molar-refractivity contribution in [2.45, 2.75) is 39.2 Å². The Kier molecular flexibility index (Phi) is 5.08. The fraction of sp³-hybridized carbons (Fsp3) is 0.625. The normalized spacial score (nSPS) is 15.2. The Morgan fingerprint density at radius 1 is 1.37 bits per heavy atom. The average molecular weight is 262 g/mol. The second kappa shape index (κ2) is 6.80. The third kappa shape index (κ3) is 5.11. The van der Waals surface area contributed by atoms with E-state index in [2.05, 4.69) is 18.7 Å². The third-order valence-electron chi connectivity index (χ3n) is 3.64. The molecule has 0 aliphatic heterocycles. The lowest BCUT2D eigenvalue weighted by atomic mass is 10.2. The molecule has 1 aromatic rings. The molecule has 19 heavy (non-hydrogen) atoms. The van der Waals surface area contributed by atoms with Gasteiger partial charge in [0.1, 0.15) is 5.75 Å².